The predicted octanol–water partition coefficient (Wildman–Crippen LogP) is 4.13. The second kappa shape index (κ2) is 5.39. The lowest BCUT2D eigenvalue weighted by Crippen LogP contribution is -2.13. The first-order chi connectivity index (χ1) is 11.1. The van der Waals surface area contributed by atoms with E-state index in [0.717, 1.165) is 35.6 Å². The van der Waals surface area contributed by atoms with Gasteiger partial charge in [-0.2, -0.15) is 0 Å². The maximum absolute atomic E-state index is 12.6. The average molecular weight is 323 g/mol. The highest BCUT2D eigenvalue weighted by Crippen LogP contribution is 2.26. The Morgan fingerprint density at radius 3 is 2.43 bits per heavy atom. The lowest BCUT2D eigenvalue weighted by atomic mass is 10.1. The third kappa shape index (κ3) is 2.70. The fourth-order valence-corrected chi connectivity index (χ4v) is 4.28. The monoisotopic (exact) mass is 323 g/mol. The van der Waals surface area contributed by atoms with Crippen LogP contribution in [0, 0.1) is 0 Å². The van der Waals surface area contributed by atoms with Crippen molar-refractivity contribution in [3.05, 3.63) is 71.8 Å². The summed E-state index contributed by atoms with van der Waals surface area (Å²) in [4.78, 5) is 0.339. The van der Waals surface area contributed by atoms with E-state index in [1.807, 2.05) is 48.5 Å². The molecule has 0 unspecified atom stereocenters. The molecule has 0 atom stereocenters. The summed E-state index contributed by atoms with van der Waals surface area (Å²) in [5.74, 6) is 0. The van der Waals surface area contributed by atoms with Gasteiger partial charge in [-0.1, -0.05) is 36.4 Å². The van der Waals surface area contributed by atoms with Gasteiger partial charge in [-0.3, -0.25) is 4.72 Å². The molecule has 3 aromatic carbocycles. The standard InChI is InChI=1S/C19H17NO2S/c21-23(22,19-11-9-15-6-3-7-17(15)13-19)20-18-10-8-14-4-1-2-5-16(14)12-18/h1-2,4-5,8-13,20H,3,6-7H2. The zero-order chi connectivity index (χ0) is 15.9. The summed E-state index contributed by atoms with van der Waals surface area (Å²) in [7, 11) is -3.55. The average Bonchev–Trinajstić information content (AvgIpc) is 3.02. The molecule has 1 N–H and O–H groups in total. The first kappa shape index (κ1) is 14.3. The van der Waals surface area contributed by atoms with Crippen LogP contribution < -0.4 is 4.72 Å². The molecule has 0 heterocycles. The van der Waals surface area contributed by atoms with E-state index in [1.54, 1.807) is 12.1 Å². The van der Waals surface area contributed by atoms with Gasteiger partial charge in [0.15, 0.2) is 0 Å². The fraction of sp³-hybridized carbons (Fsp3) is 0.158. The number of hydrogen-bond acceptors (Lipinski definition) is 2. The molecule has 1 aliphatic carbocycles. The molecule has 0 saturated heterocycles. The number of aryl methyl sites for hydroxylation is 2. The molecule has 116 valence electrons. The third-order valence-corrected chi connectivity index (χ3v) is 5.76. The molecule has 1 aliphatic rings. The Morgan fingerprint density at radius 2 is 1.57 bits per heavy atom. The Kier molecular flexibility index (Phi) is 3.34. The summed E-state index contributed by atoms with van der Waals surface area (Å²) in [6.07, 6.45) is 3.12. The number of hydrogen-bond donors (Lipinski definition) is 1. The van der Waals surface area contributed by atoms with E-state index >= 15 is 0 Å². The first-order valence-corrected chi connectivity index (χ1v) is 9.24. The summed E-state index contributed by atoms with van der Waals surface area (Å²) in [6, 6.07) is 18.9. The molecule has 3 aromatic rings. The quantitative estimate of drug-likeness (QED) is 0.788. The van der Waals surface area contributed by atoms with E-state index in [-0.39, 0.29) is 0 Å². The van der Waals surface area contributed by atoms with E-state index in [2.05, 4.69) is 4.72 Å². The Morgan fingerprint density at radius 1 is 0.783 bits per heavy atom. The molecule has 0 saturated carbocycles. The SMILES string of the molecule is O=S(=O)(Nc1ccc2ccccc2c1)c1ccc2c(c1)CCC2. The molecule has 4 rings (SSSR count). The maximum Gasteiger partial charge on any atom is 0.261 e. The third-order valence-electron chi connectivity index (χ3n) is 4.38. The van der Waals surface area contributed by atoms with Gasteiger partial charge in [-0.15, -0.1) is 0 Å². The van der Waals surface area contributed by atoms with Gasteiger partial charge in [0.25, 0.3) is 10.0 Å². The Balaban J connectivity index is 1.68. The van der Waals surface area contributed by atoms with Crippen LogP contribution in [0.15, 0.2) is 65.6 Å². The van der Waals surface area contributed by atoms with Gasteiger partial charge >= 0.3 is 0 Å². The van der Waals surface area contributed by atoms with Crippen LogP contribution in [0.25, 0.3) is 10.8 Å². The van der Waals surface area contributed by atoms with Crippen LogP contribution in [-0.2, 0) is 22.9 Å². The van der Waals surface area contributed by atoms with Crippen molar-refractivity contribution >= 4 is 26.5 Å². The lowest BCUT2D eigenvalue weighted by molar-refractivity contribution is 0.601. The van der Waals surface area contributed by atoms with Crippen LogP contribution in [0.1, 0.15) is 17.5 Å². The van der Waals surface area contributed by atoms with E-state index in [9.17, 15) is 8.42 Å². The van der Waals surface area contributed by atoms with Gasteiger partial charge in [0.1, 0.15) is 0 Å². The van der Waals surface area contributed by atoms with E-state index < -0.39 is 10.0 Å². The molecule has 0 aliphatic heterocycles. The van der Waals surface area contributed by atoms with Crippen LogP contribution in [0.2, 0.25) is 0 Å². The Labute approximate surface area is 136 Å². The molecule has 0 amide bonds. The van der Waals surface area contributed by atoms with Gasteiger partial charge in [0.2, 0.25) is 0 Å². The van der Waals surface area contributed by atoms with Crippen molar-refractivity contribution in [3.63, 3.8) is 0 Å². The summed E-state index contributed by atoms with van der Waals surface area (Å²) >= 11 is 0. The molecule has 3 nitrogen and oxygen atoms in total. The number of rotatable bonds is 3. The Hall–Kier alpha value is -2.33. The van der Waals surface area contributed by atoms with Crippen LogP contribution in [0.5, 0.6) is 0 Å². The van der Waals surface area contributed by atoms with E-state index in [0.29, 0.717) is 10.6 Å². The molecular weight excluding hydrogens is 306 g/mol. The number of benzene rings is 3. The maximum atomic E-state index is 12.6. The van der Waals surface area contributed by atoms with Crippen molar-refractivity contribution in [2.45, 2.75) is 24.2 Å². The van der Waals surface area contributed by atoms with E-state index in [1.165, 1.54) is 5.56 Å². The minimum Gasteiger partial charge on any atom is -0.280 e. The number of fused-ring (bicyclic) bond motifs is 2. The van der Waals surface area contributed by atoms with Gasteiger partial charge in [-0.25, -0.2) is 8.42 Å². The summed E-state index contributed by atoms with van der Waals surface area (Å²) < 4.78 is 27.9. The highest BCUT2D eigenvalue weighted by molar-refractivity contribution is 7.92. The highest BCUT2D eigenvalue weighted by atomic mass is 32.2. The molecule has 0 aromatic heterocycles. The van der Waals surface area contributed by atoms with Gasteiger partial charge < -0.3 is 0 Å². The first-order valence-electron chi connectivity index (χ1n) is 7.75. The van der Waals surface area contributed by atoms with Crippen LogP contribution in [0.4, 0.5) is 5.69 Å². The van der Waals surface area contributed by atoms with Crippen molar-refractivity contribution in [2.24, 2.45) is 0 Å². The van der Waals surface area contributed by atoms with Gasteiger partial charge in [-0.05, 0) is 65.4 Å². The van der Waals surface area contributed by atoms with Crippen molar-refractivity contribution in [3.8, 4) is 0 Å². The molecule has 4 heteroatoms. The molecule has 23 heavy (non-hydrogen) atoms. The summed E-state index contributed by atoms with van der Waals surface area (Å²) in [5.41, 5.74) is 3.02. The summed E-state index contributed by atoms with van der Waals surface area (Å²) in [5, 5.41) is 2.11. The number of anilines is 1. The highest BCUT2D eigenvalue weighted by Gasteiger charge is 2.18. The topological polar surface area (TPSA) is 46.2 Å². The fourth-order valence-electron chi connectivity index (χ4n) is 3.18. The second-order valence-electron chi connectivity index (χ2n) is 5.95. The molecular formula is C19H17NO2S. The van der Waals surface area contributed by atoms with Crippen LogP contribution in [-0.4, -0.2) is 8.42 Å². The van der Waals surface area contributed by atoms with E-state index in [4.69, 9.17) is 0 Å². The van der Waals surface area contributed by atoms with Crippen molar-refractivity contribution in [1.29, 1.82) is 0 Å². The van der Waals surface area contributed by atoms with Crippen molar-refractivity contribution < 1.29 is 8.42 Å². The number of sulfonamides is 1. The molecule has 0 radical (unpaired) electrons. The molecule has 0 bridgehead atoms. The van der Waals surface area contributed by atoms with Crippen molar-refractivity contribution in [2.75, 3.05) is 4.72 Å². The Bertz CT molecular complexity index is 993. The number of nitrogens with one attached hydrogen (secondary N) is 1. The minimum atomic E-state index is -3.55. The minimum absolute atomic E-state index is 0.339. The normalized spacial score (nSPS) is 13.9. The zero-order valence-corrected chi connectivity index (χ0v) is 13.4. The van der Waals surface area contributed by atoms with Crippen LogP contribution >= 0.6 is 0 Å². The largest absolute Gasteiger partial charge is 0.280 e. The lowest BCUT2D eigenvalue weighted by Gasteiger charge is -2.10. The molecule has 0 fully saturated rings. The van der Waals surface area contributed by atoms with Gasteiger partial charge in [0, 0.05) is 5.69 Å². The van der Waals surface area contributed by atoms with Crippen LogP contribution in [0.3, 0.4) is 0 Å². The smallest absolute Gasteiger partial charge is 0.261 e. The molecule has 0 spiro atoms. The summed E-state index contributed by atoms with van der Waals surface area (Å²) in [6.45, 7) is 0. The second-order valence-corrected chi connectivity index (χ2v) is 7.63. The predicted molar refractivity (Wildman–Crippen MR) is 93.2 cm³/mol. The van der Waals surface area contributed by atoms with Gasteiger partial charge in [0.05, 0.1) is 4.90 Å². The van der Waals surface area contributed by atoms with Crippen molar-refractivity contribution in [1.82, 2.24) is 0 Å². The zero-order valence-electron chi connectivity index (χ0n) is 12.6.